The summed E-state index contributed by atoms with van der Waals surface area (Å²) < 4.78 is 28.3. The summed E-state index contributed by atoms with van der Waals surface area (Å²) in [6.45, 7) is 2.02. The molecular weight excluding hydrogens is 551 g/mol. The van der Waals surface area contributed by atoms with Gasteiger partial charge in [0.05, 0.1) is 0 Å². The fourth-order valence-corrected chi connectivity index (χ4v) is 5.41. The Balaban J connectivity index is 2.27. The molecule has 1 aromatic rings. The van der Waals surface area contributed by atoms with Gasteiger partial charge in [-0.05, 0) is 18.6 Å². The molecule has 0 saturated heterocycles. The molecule has 0 bridgehead atoms. The van der Waals surface area contributed by atoms with E-state index in [-0.39, 0.29) is 23.5 Å². The Bertz CT molecular complexity index is 764. The fraction of sp³-hybridized carbons (Fsp3) is 0.692. The summed E-state index contributed by atoms with van der Waals surface area (Å²) in [7, 11) is 0. The van der Waals surface area contributed by atoms with Crippen LogP contribution >= 0.6 is 19.8 Å². The Labute approximate surface area is 210 Å². The largest absolute Gasteiger partial charge is 0.490 e. The second-order valence-electron chi connectivity index (χ2n) is 8.83. The highest BCUT2D eigenvalue weighted by Gasteiger charge is 2.22. The average Bonchev–Trinajstić information content (AvgIpc) is 2.80. The molecule has 7 nitrogen and oxygen atoms in total. The monoisotopic (exact) mass is 592 g/mol. The van der Waals surface area contributed by atoms with Crippen molar-refractivity contribution >= 4 is 31.7 Å². The Morgan fingerprint density at radius 2 is 1.18 bits per heavy atom. The maximum atomic E-state index is 11.7. The summed E-state index contributed by atoms with van der Waals surface area (Å²) in [5.74, 6) is -2.92. The van der Waals surface area contributed by atoms with E-state index in [4.69, 9.17) is 4.74 Å². The Morgan fingerprint density at radius 1 is 0.765 bits per heavy atom. The van der Waals surface area contributed by atoms with E-state index in [2.05, 4.69) is 6.92 Å². The van der Waals surface area contributed by atoms with Gasteiger partial charge in [-0.2, -0.15) is 0 Å². The van der Waals surface area contributed by atoms with Crippen LogP contribution in [0.4, 0.5) is 0 Å². The van der Waals surface area contributed by atoms with Crippen LogP contribution in [0.25, 0.3) is 0 Å². The van der Waals surface area contributed by atoms with Gasteiger partial charge in [-0.1, -0.05) is 103 Å². The van der Waals surface area contributed by atoms with Crippen molar-refractivity contribution in [2.75, 3.05) is 6.61 Å². The minimum Gasteiger partial charge on any atom is -0.490 e. The van der Waals surface area contributed by atoms with Crippen molar-refractivity contribution in [3.63, 3.8) is 0 Å². The third-order valence-corrected chi connectivity index (χ3v) is 8.43. The first-order valence-electron chi connectivity index (χ1n) is 12.6. The molecule has 1 atom stereocenters. The van der Waals surface area contributed by atoms with Crippen LogP contribution in [-0.4, -0.2) is 32.7 Å². The van der Waals surface area contributed by atoms with Crippen molar-refractivity contribution in [3.8, 4) is 5.75 Å². The molecule has 194 valence electrons. The molecule has 0 amide bonds. The number of hydrogen-bond donors (Lipinski definition) is 2. The SMILES string of the molecule is CCCCCCCCCCCCCCCCC(COc1c(C(=O)O)cccc1C(=O)O)I(=O)=O. The van der Waals surface area contributed by atoms with Crippen LogP contribution in [-0.2, 0) is 6.14 Å². The highest BCUT2D eigenvalue weighted by atomic mass is 127. The van der Waals surface area contributed by atoms with Crippen molar-refractivity contribution in [1.82, 2.24) is 0 Å². The summed E-state index contributed by atoms with van der Waals surface area (Å²) in [4.78, 5) is 22.8. The first-order chi connectivity index (χ1) is 16.4. The number of carboxylic acid groups (broad SMARTS) is 2. The van der Waals surface area contributed by atoms with Gasteiger partial charge in [0.1, 0.15) is 27.4 Å². The maximum Gasteiger partial charge on any atom is 0.339 e. The van der Waals surface area contributed by atoms with Crippen LogP contribution < -0.4 is 4.74 Å². The molecule has 0 fully saturated rings. The third-order valence-electron chi connectivity index (χ3n) is 6.01. The zero-order chi connectivity index (χ0) is 25.2. The highest BCUT2D eigenvalue weighted by molar-refractivity contribution is 14.2. The zero-order valence-electron chi connectivity index (χ0n) is 20.4. The van der Waals surface area contributed by atoms with Crippen molar-refractivity contribution < 1.29 is 30.7 Å². The van der Waals surface area contributed by atoms with Gasteiger partial charge in [0.15, 0.2) is 0 Å². The van der Waals surface area contributed by atoms with Gasteiger partial charge in [0, 0.05) is 0 Å². The van der Waals surface area contributed by atoms with Crippen LogP contribution in [0.1, 0.15) is 124 Å². The summed E-state index contributed by atoms with van der Waals surface area (Å²) in [5.41, 5.74) is -0.570. The van der Waals surface area contributed by atoms with E-state index in [1.807, 2.05) is 0 Å². The van der Waals surface area contributed by atoms with Gasteiger partial charge in [-0.25, -0.2) is 15.7 Å². The Morgan fingerprint density at radius 3 is 1.56 bits per heavy atom. The van der Waals surface area contributed by atoms with Gasteiger partial charge in [0.25, 0.3) is 0 Å². The lowest BCUT2D eigenvalue weighted by Gasteiger charge is -2.14. The lowest BCUT2D eigenvalue weighted by atomic mass is 10.0. The molecular formula is C26H41IO7. The van der Waals surface area contributed by atoms with Gasteiger partial charge < -0.3 is 14.9 Å². The van der Waals surface area contributed by atoms with Gasteiger partial charge in [-0.15, -0.1) is 0 Å². The number of rotatable bonds is 21. The fourth-order valence-electron chi connectivity index (χ4n) is 3.99. The number of unbranched alkanes of at least 4 members (excludes halogenated alkanes) is 13. The molecule has 1 unspecified atom stereocenters. The van der Waals surface area contributed by atoms with E-state index in [0.717, 1.165) is 25.7 Å². The minimum absolute atomic E-state index is 0.221. The van der Waals surface area contributed by atoms with E-state index in [1.165, 1.54) is 82.4 Å². The van der Waals surface area contributed by atoms with Crippen LogP contribution in [0.2, 0.25) is 0 Å². The summed E-state index contributed by atoms with van der Waals surface area (Å²) in [6.07, 6.45) is 17.6. The number of carbonyl (C=O) groups is 2. The van der Waals surface area contributed by atoms with E-state index < -0.39 is 35.7 Å². The van der Waals surface area contributed by atoms with Crippen LogP contribution in [0.15, 0.2) is 18.2 Å². The number of hydrogen-bond acceptors (Lipinski definition) is 5. The first-order valence-corrected chi connectivity index (χ1v) is 15.6. The average molecular weight is 593 g/mol. The standard InChI is InChI=1S/C26H41IO7/c1-2-3-4-5-6-7-8-9-10-11-12-13-14-15-17-21(27(32)33)20-34-24-22(25(28)29)18-16-19-23(24)26(30)31/h16,18-19,21H,2-15,17,20H2,1H3,(H,28,29)(H,30,31). The molecule has 0 aliphatic rings. The molecule has 0 heterocycles. The van der Waals surface area contributed by atoms with E-state index in [9.17, 15) is 25.9 Å². The number of alkyl halides is 1. The molecule has 0 saturated carbocycles. The van der Waals surface area contributed by atoms with Crippen molar-refractivity contribution in [2.24, 2.45) is 0 Å². The molecule has 0 spiro atoms. The second-order valence-corrected chi connectivity index (χ2v) is 12.0. The number of para-hydroxylation sites is 1. The lowest BCUT2D eigenvalue weighted by Crippen LogP contribution is -2.16. The predicted molar refractivity (Wildman–Crippen MR) is 140 cm³/mol. The van der Waals surface area contributed by atoms with Crippen LogP contribution in [0.5, 0.6) is 5.75 Å². The van der Waals surface area contributed by atoms with E-state index in [1.54, 1.807) is 0 Å². The number of ether oxygens (including phenoxy) is 1. The number of aromatic carboxylic acids is 2. The molecule has 0 radical (unpaired) electrons. The molecule has 8 heteroatoms. The zero-order valence-corrected chi connectivity index (χ0v) is 22.6. The smallest absolute Gasteiger partial charge is 0.339 e. The number of carboxylic acids is 2. The normalized spacial score (nSPS) is 12.1. The molecule has 0 aliphatic heterocycles. The Hall–Kier alpha value is -1.71. The molecule has 0 aromatic heterocycles. The first kappa shape index (κ1) is 30.3. The molecule has 34 heavy (non-hydrogen) atoms. The summed E-state index contributed by atoms with van der Waals surface area (Å²) in [6, 6.07) is 3.82. The number of halogens is 1. The molecule has 1 rings (SSSR count). The van der Waals surface area contributed by atoms with Gasteiger partial charge in [-0.3, -0.25) is 0 Å². The molecule has 1 aromatic carbocycles. The van der Waals surface area contributed by atoms with Crippen molar-refractivity contribution in [1.29, 1.82) is 0 Å². The topological polar surface area (TPSA) is 118 Å². The van der Waals surface area contributed by atoms with Crippen LogP contribution in [0.3, 0.4) is 0 Å². The van der Waals surface area contributed by atoms with E-state index >= 15 is 0 Å². The lowest BCUT2D eigenvalue weighted by molar-refractivity contribution is 0.0688. The summed E-state index contributed by atoms with van der Waals surface area (Å²) in [5, 5.41) is 18.6. The molecule has 0 aliphatic carbocycles. The van der Waals surface area contributed by atoms with Crippen molar-refractivity contribution in [3.05, 3.63) is 29.3 Å². The Kier molecular flexibility index (Phi) is 16.6. The highest BCUT2D eigenvalue weighted by Crippen LogP contribution is 2.28. The van der Waals surface area contributed by atoms with Gasteiger partial charge in [0.2, 0.25) is 0 Å². The molecule has 2 N–H and O–H groups in total. The quantitative estimate of drug-likeness (QED) is 0.0846. The number of benzene rings is 1. The third kappa shape index (κ3) is 12.7. The predicted octanol–water partition coefficient (Wildman–Crippen LogP) is 7.90. The van der Waals surface area contributed by atoms with Gasteiger partial charge >= 0.3 is 31.7 Å². The van der Waals surface area contributed by atoms with Crippen molar-refractivity contribution in [2.45, 2.75) is 107 Å². The maximum absolute atomic E-state index is 11.7. The summed E-state index contributed by atoms with van der Waals surface area (Å²) >= 11 is -3.70. The minimum atomic E-state index is -3.70. The second kappa shape index (κ2) is 18.6. The van der Waals surface area contributed by atoms with E-state index in [0.29, 0.717) is 6.42 Å². The van der Waals surface area contributed by atoms with Crippen LogP contribution in [0, 0.1) is 0 Å².